The van der Waals surface area contributed by atoms with E-state index in [2.05, 4.69) is 5.32 Å². The quantitative estimate of drug-likeness (QED) is 0.771. The molecule has 0 aromatic carbocycles. The zero-order valence-electron chi connectivity index (χ0n) is 11.9. The Kier molecular flexibility index (Phi) is 4.80. The average Bonchev–Trinajstić information content (AvgIpc) is 2.81. The summed E-state index contributed by atoms with van der Waals surface area (Å²) in [5, 5.41) is 3.26. The third kappa shape index (κ3) is 3.47. The molecule has 2 aliphatic rings. The van der Waals surface area contributed by atoms with E-state index in [0.717, 1.165) is 32.2 Å². The summed E-state index contributed by atoms with van der Waals surface area (Å²) in [5.41, 5.74) is 0. The molecule has 19 heavy (non-hydrogen) atoms. The summed E-state index contributed by atoms with van der Waals surface area (Å²) in [6.45, 7) is 5.93. The van der Waals surface area contributed by atoms with Crippen molar-refractivity contribution in [2.75, 3.05) is 19.7 Å². The number of rotatable bonds is 4. The van der Waals surface area contributed by atoms with E-state index in [4.69, 9.17) is 4.74 Å². The lowest BCUT2D eigenvalue weighted by atomic mass is 9.99. The standard InChI is InChI=1S/C14H24N2O3/c1-10(2)13(17)16-7-4-3-5-11(16)9-15-12-6-8-19-14(12)18/h10-12,15H,3-9H2,1-2H3. The summed E-state index contributed by atoms with van der Waals surface area (Å²) < 4.78 is 4.94. The molecule has 2 aliphatic heterocycles. The highest BCUT2D eigenvalue weighted by atomic mass is 16.5. The number of nitrogens with one attached hydrogen (secondary N) is 1. The maximum atomic E-state index is 12.2. The van der Waals surface area contributed by atoms with E-state index in [-0.39, 0.29) is 29.9 Å². The van der Waals surface area contributed by atoms with Crippen LogP contribution in [0, 0.1) is 5.92 Å². The van der Waals surface area contributed by atoms with Crippen molar-refractivity contribution in [2.24, 2.45) is 5.92 Å². The fourth-order valence-electron chi connectivity index (χ4n) is 2.79. The number of likely N-dealkylation sites (tertiary alicyclic amines) is 1. The monoisotopic (exact) mass is 268 g/mol. The number of esters is 1. The van der Waals surface area contributed by atoms with E-state index in [1.54, 1.807) is 0 Å². The van der Waals surface area contributed by atoms with Crippen LogP contribution < -0.4 is 5.32 Å². The Bertz CT molecular complexity index is 344. The van der Waals surface area contributed by atoms with Gasteiger partial charge in [-0.3, -0.25) is 9.59 Å². The highest BCUT2D eigenvalue weighted by Crippen LogP contribution is 2.19. The minimum absolute atomic E-state index is 0.0389. The number of hydrogen-bond donors (Lipinski definition) is 1. The number of cyclic esters (lactones) is 1. The van der Waals surface area contributed by atoms with Crippen LogP contribution in [0.15, 0.2) is 0 Å². The van der Waals surface area contributed by atoms with Crippen molar-refractivity contribution in [1.29, 1.82) is 0 Å². The molecule has 2 rings (SSSR count). The third-order valence-electron chi connectivity index (χ3n) is 3.94. The van der Waals surface area contributed by atoms with Gasteiger partial charge in [-0.1, -0.05) is 13.8 Å². The largest absolute Gasteiger partial charge is 0.464 e. The highest BCUT2D eigenvalue weighted by Gasteiger charge is 2.31. The molecule has 0 radical (unpaired) electrons. The molecule has 2 atom stereocenters. The molecule has 5 heteroatoms. The van der Waals surface area contributed by atoms with Gasteiger partial charge in [0.25, 0.3) is 0 Å². The number of carbonyl (C=O) groups is 2. The van der Waals surface area contributed by atoms with Crippen LogP contribution >= 0.6 is 0 Å². The van der Waals surface area contributed by atoms with Crippen LogP contribution in [-0.2, 0) is 14.3 Å². The maximum Gasteiger partial charge on any atom is 0.323 e. The van der Waals surface area contributed by atoms with Crippen LogP contribution in [0.3, 0.4) is 0 Å². The van der Waals surface area contributed by atoms with E-state index >= 15 is 0 Å². The van der Waals surface area contributed by atoms with Gasteiger partial charge in [-0.2, -0.15) is 0 Å². The van der Waals surface area contributed by atoms with Gasteiger partial charge in [0.15, 0.2) is 0 Å². The van der Waals surface area contributed by atoms with E-state index in [1.807, 2.05) is 18.7 Å². The summed E-state index contributed by atoms with van der Waals surface area (Å²) in [7, 11) is 0. The van der Waals surface area contributed by atoms with Crippen LogP contribution in [0.2, 0.25) is 0 Å². The maximum absolute atomic E-state index is 12.2. The van der Waals surface area contributed by atoms with Crippen LogP contribution in [0.25, 0.3) is 0 Å². The molecule has 0 aromatic heterocycles. The lowest BCUT2D eigenvalue weighted by Gasteiger charge is -2.37. The zero-order chi connectivity index (χ0) is 13.8. The molecule has 1 N–H and O–H groups in total. The second-order valence-electron chi connectivity index (χ2n) is 5.75. The number of piperidine rings is 1. The Balaban J connectivity index is 1.88. The van der Waals surface area contributed by atoms with Crippen LogP contribution in [0.5, 0.6) is 0 Å². The number of carbonyl (C=O) groups excluding carboxylic acids is 2. The second-order valence-corrected chi connectivity index (χ2v) is 5.75. The van der Waals surface area contributed by atoms with Gasteiger partial charge >= 0.3 is 5.97 Å². The van der Waals surface area contributed by atoms with Crippen molar-refractivity contribution in [3.63, 3.8) is 0 Å². The van der Waals surface area contributed by atoms with Crippen molar-refractivity contribution in [1.82, 2.24) is 10.2 Å². The van der Waals surface area contributed by atoms with Gasteiger partial charge < -0.3 is 15.0 Å². The first-order valence-electron chi connectivity index (χ1n) is 7.30. The fourth-order valence-corrected chi connectivity index (χ4v) is 2.79. The molecule has 2 saturated heterocycles. The summed E-state index contributed by atoms with van der Waals surface area (Å²) in [6, 6.07) is 0.0370. The van der Waals surface area contributed by atoms with Gasteiger partial charge in [0, 0.05) is 31.5 Å². The summed E-state index contributed by atoms with van der Waals surface area (Å²) in [6.07, 6.45) is 4.00. The Morgan fingerprint density at radius 3 is 2.84 bits per heavy atom. The molecule has 0 saturated carbocycles. The van der Waals surface area contributed by atoms with Gasteiger partial charge in [0.05, 0.1) is 6.61 Å². The second kappa shape index (κ2) is 6.37. The zero-order valence-corrected chi connectivity index (χ0v) is 11.9. The molecule has 0 aromatic rings. The Morgan fingerprint density at radius 2 is 2.21 bits per heavy atom. The lowest BCUT2D eigenvalue weighted by molar-refractivity contribution is -0.139. The number of ether oxygens (including phenoxy) is 1. The average molecular weight is 268 g/mol. The smallest absolute Gasteiger partial charge is 0.323 e. The van der Waals surface area contributed by atoms with Crippen molar-refractivity contribution >= 4 is 11.9 Å². The summed E-state index contributed by atoms with van der Waals surface area (Å²) in [5.74, 6) is 0.107. The molecular weight excluding hydrogens is 244 g/mol. The highest BCUT2D eigenvalue weighted by molar-refractivity contribution is 5.79. The van der Waals surface area contributed by atoms with Gasteiger partial charge in [-0.15, -0.1) is 0 Å². The summed E-state index contributed by atoms with van der Waals surface area (Å²) in [4.78, 5) is 25.6. The molecule has 5 nitrogen and oxygen atoms in total. The first kappa shape index (κ1) is 14.3. The first-order chi connectivity index (χ1) is 9.09. The van der Waals surface area contributed by atoms with Crippen molar-refractivity contribution < 1.29 is 14.3 Å². The van der Waals surface area contributed by atoms with Crippen LogP contribution in [0.1, 0.15) is 39.5 Å². The summed E-state index contributed by atoms with van der Waals surface area (Å²) >= 11 is 0. The normalized spacial score (nSPS) is 27.7. The first-order valence-corrected chi connectivity index (χ1v) is 7.30. The van der Waals surface area contributed by atoms with E-state index in [0.29, 0.717) is 13.2 Å². The van der Waals surface area contributed by atoms with Gasteiger partial charge in [0.1, 0.15) is 6.04 Å². The molecule has 2 unspecified atom stereocenters. The molecular formula is C14H24N2O3. The SMILES string of the molecule is CC(C)C(=O)N1CCCCC1CNC1CCOC1=O. The van der Waals surface area contributed by atoms with Gasteiger partial charge in [-0.25, -0.2) is 0 Å². The van der Waals surface area contributed by atoms with E-state index in [1.165, 1.54) is 0 Å². The fraction of sp³-hybridized carbons (Fsp3) is 0.857. The molecule has 2 fully saturated rings. The molecule has 0 spiro atoms. The topological polar surface area (TPSA) is 58.6 Å². The number of amides is 1. The lowest BCUT2D eigenvalue weighted by Crippen LogP contribution is -2.51. The third-order valence-corrected chi connectivity index (χ3v) is 3.94. The Labute approximate surface area is 114 Å². The molecule has 2 heterocycles. The van der Waals surface area contributed by atoms with Crippen molar-refractivity contribution in [3.8, 4) is 0 Å². The Hall–Kier alpha value is -1.10. The van der Waals surface area contributed by atoms with E-state index in [9.17, 15) is 9.59 Å². The number of nitrogens with zero attached hydrogens (tertiary/aromatic N) is 1. The van der Waals surface area contributed by atoms with Crippen molar-refractivity contribution in [2.45, 2.75) is 51.6 Å². The van der Waals surface area contributed by atoms with Crippen LogP contribution in [0.4, 0.5) is 0 Å². The Morgan fingerprint density at radius 1 is 1.42 bits per heavy atom. The van der Waals surface area contributed by atoms with Crippen molar-refractivity contribution in [3.05, 3.63) is 0 Å². The molecule has 0 aliphatic carbocycles. The predicted molar refractivity (Wildman–Crippen MR) is 71.6 cm³/mol. The predicted octanol–water partition coefficient (Wildman–Crippen LogP) is 0.929. The minimum Gasteiger partial charge on any atom is -0.464 e. The van der Waals surface area contributed by atoms with E-state index < -0.39 is 0 Å². The van der Waals surface area contributed by atoms with Crippen LogP contribution in [-0.4, -0.2) is 48.6 Å². The van der Waals surface area contributed by atoms with Gasteiger partial charge in [0.2, 0.25) is 5.91 Å². The van der Waals surface area contributed by atoms with Gasteiger partial charge in [-0.05, 0) is 19.3 Å². The number of hydrogen-bond acceptors (Lipinski definition) is 4. The minimum atomic E-state index is -0.182. The molecule has 108 valence electrons. The molecule has 0 bridgehead atoms. The molecule has 1 amide bonds.